The van der Waals surface area contributed by atoms with E-state index in [9.17, 15) is 9.90 Å². The second-order valence-electron chi connectivity index (χ2n) is 4.68. The molecule has 2 heterocycles. The van der Waals surface area contributed by atoms with Gasteiger partial charge in [0.15, 0.2) is 5.82 Å². The van der Waals surface area contributed by atoms with Crippen molar-refractivity contribution < 1.29 is 14.6 Å². The van der Waals surface area contributed by atoms with Gasteiger partial charge in [0, 0.05) is 13.0 Å². The Bertz CT molecular complexity index is 663. The largest absolute Gasteiger partial charge is 0.481 e. The lowest BCUT2D eigenvalue weighted by Crippen LogP contribution is -2.23. The average molecular weight is 294 g/mol. The number of allylic oxidation sites excluding steroid dienone is 2. The summed E-state index contributed by atoms with van der Waals surface area (Å²) in [6, 6.07) is 0. The predicted octanol–water partition coefficient (Wildman–Crippen LogP) is 1.47. The van der Waals surface area contributed by atoms with Crippen molar-refractivity contribution in [2.45, 2.75) is 25.4 Å². The summed E-state index contributed by atoms with van der Waals surface area (Å²) < 4.78 is 6.68. The number of carboxylic acid groups (broad SMARTS) is 1. The standard InChI is InChI=1S/C12H14N4O3S/c1-19-6-9-13-14-12-16(9)15-10(20-12)7-4-2-3-5-8(7)11(17)18/h2-3,7-8H,4-6H2,1H3,(H,17,18)/t7-,8+/m1/s1. The lowest BCUT2D eigenvalue weighted by atomic mass is 9.83. The Morgan fingerprint density at radius 1 is 1.50 bits per heavy atom. The van der Waals surface area contributed by atoms with Gasteiger partial charge >= 0.3 is 5.97 Å². The molecule has 2 atom stereocenters. The summed E-state index contributed by atoms with van der Waals surface area (Å²) in [6.07, 6.45) is 5.18. The van der Waals surface area contributed by atoms with E-state index in [1.165, 1.54) is 11.3 Å². The zero-order valence-corrected chi connectivity index (χ0v) is 11.7. The molecule has 2 aromatic heterocycles. The fraction of sp³-hybridized carbons (Fsp3) is 0.500. The molecule has 8 heteroatoms. The number of aliphatic carboxylic acids is 1. The molecule has 1 N–H and O–H groups in total. The van der Waals surface area contributed by atoms with Crippen LogP contribution in [0.5, 0.6) is 0 Å². The highest BCUT2D eigenvalue weighted by molar-refractivity contribution is 7.16. The van der Waals surface area contributed by atoms with Gasteiger partial charge in [-0.15, -0.1) is 10.2 Å². The van der Waals surface area contributed by atoms with Crippen LogP contribution in [-0.2, 0) is 16.1 Å². The molecule has 0 saturated carbocycles. The third-order valence-corrected chi connectivity index (χ3v) is 4.44. The Kier molecular flexibility index (Phi) is 3.49. The Morgan fingerprint density at radius 2 is 2.30 bits per heavy atom. The van der Waals surface area contributed by atoms with Crippen LogP contribution in [0.2, 0.25) is 0 Å². The molecule has 7 nitrogen and oxygen atoms in total. The number of nitrogens with zero attached hydrogens (tertiary/aromatic N) is 4. The van der Waals surface area contributed by atoms with Crippen molar-refractivity contribution >= 4 is 22.3 Å². The summed E-state index contributed by atoms with van der Waals surface area (Å²) in [5, 5.41) is 22.6. The Hall–Kier alpha value is -1.80. The van der Waals surface area contributed by atoms with Crippen molar-refractivity contribution in [3.63, 3.8) is 0 Å². The SMILES string of the molecule is COCc1nnc2sc([C@@H]3CC=CC[C@@H]3C(=O)O)nn12. The van der Waals surface area contributed by atoms with Crippen molar-refractivity contribution in [1.82, 2.24) is 19.8 Å². The smallest absolute Gasteiger partial charge is 0.307 e. The quantitative estimate of drug-likeness (QED) is 0.859. The molecule has 0 spiro atoms. The van der Waals surface area contributed by atoms with Gasteiger partial charge in [-0.05, 0) is 12.8 Å². The molecule has 106 valence electrons. The molecule has 1 aliphatic carbocycles. The van der Waals surface area contributed by atoms with E-state index in [0.717, 1.165) is 5.01 Å². The Balaban J connectivity index is 1.96. The maximum Gasteiger partial charge on any atom is 0.307 e. The van der Waals surface area contributed by atoms with E-state index >= 15 is 0 Å². The van der Waals surface area contributed by atoms with Crippen LogP contribution in [0.1, 0.15) is 29.6 Å². The normalized spacial score (nSPS) is 22.4. The third kappa shape index (κ3) is 2.20. The number of carboxylic acids is 1. The second-order valence-corrected chi connectivity index (χ2v) is 5.67. The van der Waals surface area contributed by atoms with Crippen LogP contribution >= 0.6 is 11.3 Å². The van der Waals surface area contributed by atoms with Crippen LogP contribution in [0.4, 0.5) is 0 Å². The monoisotopic (exact) mass is 294 g/mol. The van der Waals surface area contributed by atoms with E-state index in [1.54, 1.807) is 11.6 Å². The van der Waals surface area contributed by atoms with E-state index in [2.05, 4.69) is 15.3 Å². The first-order valence-electron chi connectivity index (χ1n) is 6.28. The number of aromatic nitrogens is 4. The van der Waals surface area contributed by atoms with Crippen LogP contribution < -0.4 is 0 Å². The minimum atomic E-state index is -0.776. The van der Waals surface area contributed by atoms with Crippen molar-refractivity contribution in [2.75, 3.05) is 7.11 Å². The summed E-state index contributed by atoms with van der Waals surface area (Å²) in [7, 11) is 1.58. The number of hydrogen-bond donors (Lipinski definition) is 1. The molecule has 3 rings (SSSR count). The predicted molar refractivity (Wildman–Crippen MR) is 71.6 cm³/mol. The first kappa shape index (κ1) is 13.2. The fourth-order valence-corrected chi connectivity index (χ4v) is 3.44. The zero-order chi connectivity index (χ0) is 14.1. The van der Waals surface area contributed by atoms with E-state index < -0.39 is 11.9 Å². The molecule has 0 fully saturated rings. The number of rotatable bonds is 4. The number of hydrogen-bond acceptors (Lipinski definition) is 6. The van der Waals surface area contributed by atoms with Gasteiger partial charge in [0.2, 0.25) is 4.96 Å². The fourth-order valence-electron chi connectivity index (χ4n) is 2.40. The van der Waals surface area contributed by atoms with Crippen molar-refractivity contribution in [1.29, 1.82) is 0 Å². The molecular weight excluding hydrogens is 280 g/mol. The molecular formula is C12H14N4O3S. The van der Waals surface area contributed by atoms with Crippen LogP contribution in [-0.4, -0.2) is 38.0 Å². The molecule has 0 unspecified atom stereocenters. The van der Waals surface area contributed by atoms with Gasteiger partial charge in [-0.25, -0.2) is 0 Å². The van der Waals surface area contributed by atoms with E-state index in [-0.39, 0.29) is 5.92 Å². The minimum absolute atomic E-state index is 0.0976. The summed E-state index contributed by atoms with van der Waals surface area (Å²) in [4.78, 5) is 12.0. The molecule has 0 aromatic carbocycles. The first-order chi connectivity index (χ1) is 9.70. The molecule has 0 amide bonds. The lowest BCUT2D eigenvalue weighted by molar-refractivity contribution is -0.142. The number of ether oxygens (including phenoxy) is 1. The van der Waals surface area contributed by atoms with E-state index in [0.29, 0.717) is 30.2 Å². The van der Waals surface area contributed by atoms with Gasteiger partial charge in [0.05, 0.1) is 5.92 Å². The Morgan fingerprint density at radius 3 is 3.05 bits per heavy atom. The number of carbonyl (C=O) groups is 1. The van der Waals surface area contributed by atoms with Crippen LogP contribution in [0, 0.1) is 5.92 Å². The molecule has 2 aromatic rings. The van der Waals surface area contributed by atoms with Gasteiger partial charge < -0.3 is 9.84 Å². The van der Waals surface area contributed by atoms with Crippen molar-refractivity contribution in [2.24, 2.45) is 5.92 Å². The van der Waals surface area contributed by atoms with Gasteiger partial charge in [-0.3, -0.25) is 4.79 Å². The summed E-state index contributed by atoms with van der Waals surface area (Å²) in [6.45, 7) is 0.331. The highest BCUT2D eigenvalue weighted by Crippen LogP contribution is 2.36. The Labute approximate surface area is 118 Å². The second kappa shape index (κ2) is 5.29. The number of fused-ring (bicyclic) bond motifs is 1. The average Bonchev–Trinajstić information content (AvgIpc) is 3.01. The van der Waals surface area contributed by atoms with Crippen LogP contribution in [0.15, 0.2) is 12.2 Å². The molecule has 20 heavy (non-hydrogen) atoms. The summed E-state index contributed by atoms with van der Waals surface area (Å²) in [5.74, 6) is -0.667. The van der Waals surface area contributed by atoms with Crippen LogP contribution in [0.3, 0.4) is 0 Å². The highest BCUT2D eigenvalue weighted by Gasteiger charge is 2.32. The molecule has 0 saturated heterocycles. The third-order valence-electron chi connectivity index (χ3n) is 3.41. The zero-order valence-electron chi connectivity index (χ0n) is 10.9. The highest BCUT2D eigenvalue weighted by atomic mass is 32.1. The molecule has 1 aliphatic rings. The van der Waals surface area contributed by atoms with Gasteiger partial charge in [0.1, 0.15) is 11.6 Å². The number of methoxy groups -OCH3 is 1. The van der Waals surface area contributed by atoms with Crippen molar-refractivity contribution in [3.8, 4) is 0 Å². The van der Waals surface area contributed by atoms with Crippen molar-refractivity contribution in [3.05, 3.63) is 23.0 Å². The lowest BCUT2D eigenvalue weighted by Gasteiger charge is -2.22. The molecule has 0 bridgehead atoms. The van der Waals surface area contributed by atoms with E-state index in [4.69, 9.17) is 4.74 Å². The first-order valence-corrected chi connectivity index (χ1v) is 7.10. The van der Waals surface area contributed by atoms with Crippen LogP contribution in [0.25, 0.3) is 4.96 Å². The maximum atomic E-state index is 11.3. The molecule has 0 aliphatic heterocycles. The van der Waals surface area contributed by atoms with Gasteiger partial charge in [-0.2, -0.15) is 9.61 Å². The van der Waals surface area contributed by atoms with Gasteiger partial charge in [0.25, 0.3) is 0 Å². The summed E-state index contributed by atoms with van der Waals surface area (Å²) in [5.41, 5.74) is 0. The summed E-state index contributed by atoms with van der Waals surface area (Å²) >= 11 is 1.40. The maximum absolute atomic E-state index is 11.3. The van der Waals surface area contributed by atoms with Gasteiger partial charge in [-0.1, -0.05) is 23.5 Å². The topological polar surface area (TPSA) is 89.6 Å². The molecule has 0 radical (unpaired) electrons. The van der Waals surface area contributed by atoms with E-state index in [1.807, 2.05) is 12.2 Å². The minimum Gasteiger partial charge on any atom is -0.481 e.